The molecule has 4 rings (SSSR count). The monoisotopic (exact) mass is 420 g/mol. The Morgan fingerprint density at radius 1 is 1.10 bits per heavy atom. The van der Waals surface area contributed by atoms with Gasteiger partial charge in [0, 0.05) is 17.3 Å². The summed E-state index contributed by atoms with van der Waals surface area (Å²) in [7, 11) is 0. The van der Waals surface area contributed by atoms with Crippen LogP contribution in [0.25, 0.3) is 0 Å². The lowest BCUT2D eigenvalue weighted by Gasteiger charge is -2.22. The van der Waals surface area contributed by atoms with Gasteiger partial charge in [0.1, 0.15) is 12.1 Å². The van der Waals surface area contributed by atoms with E-state index in [0.29, 0.717) is 16.9 Å². The van der Waals surface area contributed by atoms with Crippen molar-refractivity contribution in [1.29, 1.82) is 0 Å². The molecule has 1 heterocycles. The normalized spacial score (nSPS) is 20.4. The number of benzene rings is 2. The topological polar surface area (TPSA) is 108 Å². The number of amides is 5. The van der Waals surface area contributed by atoms with E-state index in [4.69, 9.17) is 0 Å². The summed E-state index contributed by atoms with van der Waals surface area (Å²) in [5.41, 5.74) is 1.32. The highest BCUT2D eigenvalue weighted by Gasteiger charge is 2.49. The number of hydrogen-bond donors (Lipinski definition) is 3. The number of carbonyl (C=O) groups excluding carboxylic acids is 4. The minimum atomic E-state index is -1.22. The number of carbonyl (C=O) groups is 4. The summed E-state index contributed by atoms with van der Waals surface area (Å²) in [6.45, 7) is 3.03. The molecule has 0 aromatic heterocycles. The van der Waals surface area contributed by atoms with E-state index in [9.17, 15) is 19.2 Å². The standard InChI is InChI=1S/C23H24N4O4/c1-14-8-11-17(24-20(29)15-9-10-15)12-18(14)25-19(28)13-27-21(30)23(2,26-22(27)31)16-6-4-3-5-7-16/h3-8,11-12,15H,9-10,13H2,1-2H3,(H,24,29)(H,25,28)(H,26,31). The summed E-state index contributed by atoms with van der Waals surface area (Å²) in [6.07, 6.45) is 1.80. The van der Waals surface area contributed by atoms with Crippen LogP contribution in [-0.2, 0) is 19.9 Å². The number of anilines is 2. The Morgan fingerprint density at radius 3 is 2.48 bits per heavy atom. The van der Waals surface area contributed by atoms with Crippen molar-refractivity contribution in [3.05, 3.63) is 59.7 Å². The van der Waals surface area contributed by atoms with Crippen LogP contribution in [0.15, 0.2) is 48.5 Å². The van der Waals surface area contributed by atoms with Gasteiger partial charge in [0.05, 0.1) is 0 Å². The van der Waals surface area contributed by atoms with Gasteiger partial charge in [0.2, 0.25) is 11.8 Å². The largest absolute Gasteiger partial charge is 0.326 e. The molecule has 8 heteroatoms. The van der Waals surface area contributed by atoms with E-state index in [1.807, 2.05) is 13.0 Å². The van der Waals surface area contributed by atoms with Crippen molar-refractivity contribution in [2.45, 2.75) is 32.2 Å². The van der Waals surface area contributed by atoms with Gasteiger partial charge in [-0.1, -0.05) is 36.4 Å². The van der Waals surface area contributed by atoms with Crippen molar-refractivity contribution in [2.75, 3.05) is 17.2 Å². The van der Waals surface area contributed by atoms with Crippen molar-refractivity contribution in [1.82, 2.24) is 10.2 Å². The van der Waals surface area contributed by atoms with Crippen LogP contribution in [0.3, 0.4) is 0 Å². The maximum Gasteiger partial charge on any atom is 0.325 e. The first-order chi connectivity index (χ1) is 14.8. The molecule has 31 heavy (non-hydrogen) atoms. The number of nitrogens with zero attached hydrogens (tertiary/aromatic N) is 1. The second kappa shape index (κ2) is 7.86. The van der Waals surface area contributed by atoms with Gasteiger partial charge >= 0.3 is 6.03 Å². The maximum atomic E-state index is 13.0. The van der Waals surface area contributed by atoms with Gasteiger partial charge in [-0.3, -0.25) is 19.3 Å². The number of rotatable bonds is 6. The molecule has 2 aromatic carbocycles. The molecule has 3 N–H and O–H groups in total. The molecule has 2 aliphatic rings. The fourth-order valence-corrected chi connectivity index (χ4v) is 3.57. The fraction of sp³-hybridized carbons (Fsp3) is 0.304. The molecule has 160 valence electrons. The molecule has 8 nitrogen and oxygen atoms in total. The Balaban J connectivity index is 1.44. The fourth-order valence-electron chi connectivity index (χ4n) is 3.57. The summed E-state index contributed by atoms with van der Waals surface area (Å²) in [5, 5.41) is 8.27. The molecular weight excluding hydrogens is 396 g/mol. The van der Waals surface area contributed by atoms with Crippen molar-refractivity contribution in [2.24, 2.45) is 5.92 Å². The average molecular weight is 420 g/mol. The third kappa shape index (κ3) is 4.14. The summed E-state index contributed by atoms with van der Waals surface area (Å²) in [4.78, 5) is 50.9. The number of hydrogen-bond acceptors (Lipinski definition) is 4. The van der Waals surface area contributed by atoms with E-state index >= 15 is 0 Å². The van der Waals surface area contributed by atoms with Crippen LogP contribution in [0.2, 0.25) is 0 Å². The third-order valence-electron chi connectivity index (χ3n) is 5.66. The molecule has 1 aliphatic heterocycles. The Morgan fingerprint density at radius 2 is 1.81 bits per heavy atom. The van der Waals surface area contributed by atoms with E-state index < -0.39 is 29.9 Å². The van der Waals surface area contributed by atoms with Crippen molar-refractivity contribution in [3.8, 4) is 0 Å². The number of urea groups is 1. The number of imide groups is 1. The number of nitrogens with one attached hydrogen (secondary N) is 3. The predicted octanol–water partition coefficient (Wildman–Crippen LogP) is 2.75. The Labute approximate surface area is 180 Å². The first kappa shape index (κ1) is 20.6. The molecule has 1 aliphatic carbocycles. The predicted molar refractivity (Wildman–Crippen MR) is 115 cm³/mol. The smallest absolute Gasteiger partial charge is 0.325 e. The summed E-state index contributed by atoms with van der Waals surface area (Å²) < 4.78 is 0. The van der Waals surface area contributed by atoms with Crippen molar-refractivity contribution in [3.63, 3.8) is 0 Å². The van der Waals surface area contributed by atoms with Gasteiger partial charge in [0.15, 0.2) is 0 Å². The van der Waals surface area contributed by atoms with Crippen molar-refractivity contribution < 1.29 is 19.2 Å². The zero-order chi connectivity index (χ0) is 22.2. The van der Waals surface area contributed by atoms with Gasteiger partial charge in [0.25, 0.3) is 5.91 Å². The van der Waals surface area contributed by atoms with E-state index in [1.165, 1.54) is 0 Å². The molecular formula is C23H24N4O4. The van der Waals surface area contributed by atoms with Gasteiger partial charge in [-0.2, -0.15) is 0 Å². The molecule has 1 atom stereocenters. The van der Waals surface area contributed by atoms with E-state index in [0.717, 1.165) is 23.3 Å². The lowest BCUT2D eigenvalue weighted by molar-refractivity contribution is -0.133. The average Bonchev–Trinajstić information content (AvgIpc) is 3.57. The lowest BCUT2D eigenvalue weighted by Crippen LogP contribution is -2.42. The molecule has 1 saturated heterocycles. The summed E-state index contributed by atoms with van der Waals surface area (Å²) >= 11 is 0. The Bertz CT molecular complexity index is 1060. The van der Waals surface area contributed by atoms with Crippen LogP contribution >= 0.6 is 0 Å². The molecule has 1 unspecified atom stereocenters. The Hall–Kier alpha value is -3.68. The zero-order valence-electron chi connectivity index (χ0n) is 17.4. The first-order valence-corrected chi connectivity index (χ1v) is 10.2. The van der Waals surface area contributed by atoms with Crippen LogP contribution in [-0.4, -0.2) is 35.2 Å². The van der Waals surface area contributed by atoms with Crippen LogP contribution in [0, 0.1) is 12.8 Å². The van der Waals surface area contributed by atoms with Gasteiger partial charge in [-0.25, -0.2) is 4.79 Å². The molecule has 5 amide bonds. The minimum Gasteiger partial charge on any atom is -0.326 e. The highest BCUT2D eigenvalue weighted by atomic mass is 16.2. The van der Waals surface area contributed by atoms with Gasteiger partial charge in [-0.15, -0.1) is 0 Å². The quantitative estimate of drug-likeness (QED) is 0.625. The molecule has 1 saturated carbocycles. The van der Waals surface area contributed by atoms with Crippen LogP contribution in [0.4, 0.5) is 16.2 Å². The molecule has 2 aromatic rings. The van der Waals surface area contributed by atoms with Gasteiger partial charge in [-0.05, 0) is 49.9 Å². The van der Waals surface area contributed by atoms with Gasteiger partial charge < -0.3 is 16.0 Å². The first-order valence-electron chi connectivity index (χ1n) is 10.2. The second-order valence-corrected chi connectivity index (χ2v) is 8.15. The van der Waals surface area contributed by atoms with E-state index in [2.05, 4.69) is 16.0 Å². The molecule has 0 radical (unpaired) electrons. The van der Waals surface area contributed by atoms with E-state index in [1.54, 1.807) is 49.4 Å². The highest BCUT2D eigenvalue weighted by molar-refractivity contribution is 6.10. The second-order valence-electron chi connectivity index (χ2n) is 8.15. The number of aryl methyl sites for hydroxylation is 1. The molecule has 2 fully saturated rings. The van der Waals surface area contributed by atoms with Crippen LogP contribution in [0.5, 0.6) is 0 Å². The highest BCUT2D eigenvalue weighted by Crippen LogP contribution is 2.31. The van der Waals surface area contributed by atoms with Crippen LogP contribution in [0.1, 0.15) is 30.9 Å². The summed E-state index contributed by atoms with van der Waals surface area (Å²) in [6, 6.07) is 13.5. The lowest BCUT2D eigenvalue weighted by atomic mass is 9.92. The SMILES string of the molecule is Cc1ccc(NC(=O)C2CC2)cc1NC(=O)CN1C(=O)NC(C)(c2ccccc2)C1=O. The molecule has 0 spiro atoms. The zero-order valence-corrected chi connectivity index (χ0v) is 17.4. The Kier molecular flexibility index (Phi) is 5.22. The summed E-state index contributed by atoms with van der Waals surface area (Å²) in [5.74, 6) is -0.950. The third-order valence-corrected chi connectivity index (χ3v) is 5.66. The van der Waals surface area contributed by atoms with Crippen LogP contribution < -0.4 is 16.0 Å². The molecule has 0 bridgehead atoms. The van der Waals surface area contributed by atoms with E-state index in [-0.39, 0.29) is 11.8 Å². The maximum absolute atomic E-state index is 13.0. The minimum absolute atomic E-state index is 0.0272. The van der Waals surface area contributed by atoms with Crippen molar-refractivity contribution >= 4 is 35.1 Å².